The number of hydrogen-bond acceptors (Lipinski definition) is 5. The molecule has 3 rings (SSSR count). The Bertz CT molecular complexity index is 814. The summed E-state index contributed by atoms with van der Waals surface area (Å²) in [5.41, 5.74) is 0. The first-order valence-corrected chi connectivity index (χ1v) is 11.4. The lowest BCUT2D eigenvalue weighted by atomic mass is 9.92. The van der Waals surface area contributed by atoms with Gasteiger partial charge in [-0.2, -0.15) is 5.10 Å². The third-order valence-corrected chi connectivity index (χ3v) is 6.53. The Balaban J connectivity index is 1.44. The molecule has 0 spiro atoms. The molecular weight excluding hydrogens is 382 g/mol. The number of carbonyl (C=O) groups excluding carboxylic acids is 2. The molecule has 156 valence electrons. The molecule has 2 fully saturated rings. The summed E-state index contributed by atoms with van der Waals surface area (Å²) in [7, 11) is -3.78. The highest BCUT2D eigenvalue weighted by molar-refractivity contribution is 7.89. The van der Waals surface area contributed by atoms with Gasteiger partial charge in [0.25, 0.3) is 0 Å². The van der Waals surface area contributed by atoms with Crippen molar-refractivity contribution in [3.05, 3.63) is 12.4 Å². The summed E-state index contributed by atoms with van der Waals surface area (Å²) < 4.78 is 23.9. The summed E-state index contributed by atoms with van der Waals surface area (Å²) in [6, 6.07) is 0. The summed E-state index contributed by atoms with van der Waals surface area (Å²) in [5, 5.41) is 8.98. The van der Waals surface area contributed by atoms with Gasteiger partial charge in [0.05, 0.1) is 6.20 Å². The standard InChI is InChI=1S/C18H29N5O4S/c1-14-3-2-7-22(12-14)18(25)15-4-8-21(9-5-15)17(24)6-10-23-13-16(11-20-23)28(19,26)27/h11,13-15H,2-10,12H2,1H3,(H2,19,26,27). The molecule has 28 heavy (non-hydrogen) atoms. The summed E-state index contributed by atoms with van der Waals surface area (Å²) in [5.74, 6) is 0.810. The molecule has 3 heterocycles. The predicted molar refractivity (Wildman–Crippen MR) is 102 cm³/mol. The van der Waals surface area contributed by atoms with E-state index in [1.807, 2.05) is 4.90 Å². The predicted octanol–water partition coefficient (Wildman–Crippen LogP) is 0.418. The van der Waals surface area contributed by atoms with Crippen LogP contribution in [0.2, 0.25) is 0 Å². The van der Waals surface area contributed by atoms with Gasteiger partial charge in [-0.3, -0.25) is 14.3 Å². The van der Waals surface area contributed by atoms with Crippen molar-refractivity contribution in [2.24, 2.45) is 17.0 Å². The van der Waals surface area contributed by atoms with E-state index in [2.05, 4.69) is 12.0 Å². The maximum Gasteiger partial charge on any atom is 0.241 e. The number of rotatable bonds is 5. The van der Waals surface area contributed by atoms with Gasteiger partial charge >= 0.3 is 0 Å². The van der Waals surface area contributed by atoms with Crippen LogP contribution in [0.4, 0.5) is 0 Å². The fourth-order valence-corrected chi connectivity index (χ4v) is 4.47. The van der Waals surface area contributed by atoms with E-state index in [4.69, 9.17) is 5.14 Å². The highest BCUT2D eigenvalue weighted by Gasteiger charge is 2.31. The third kappa shape index (κ3) is 5.11. The molecule has 1 aromatic heterocycles. The van der Waals surface area contributed by atoms with Crippen LogP contribution in [0.1, 0.15) is 39.0 Å². The zero-order valence-corrected chi connectivity index (χ0v) is 17.1. The number of likely N-dealkylation sites (tertiary alicyclic amines) is 2. The zero-order chi connectivity index (χ0) is 20.3. The number of hydrogen-bond donors (Lipinski definition) is 1. The second kappa shape index (κ2) is 8.60. The average Bonchev–Trinajstić information content (AvgIpc) is 3.15. The Morgan fingerprint density at radius 2 is 1.89 bits per heavy atom. The minimum Gasteiger partial charge on any atom is -0.343 e. The molecule has 0 aliphatic carbocycles. The number of nitrogens with zero attached hydrogens (tertiary/aromatic N) is 4. The molecule has 1 atom stereocenters. The Morgan fingerprint density at radius 1 is 1.18 bits per heavy atom. The zero-order valence-electron chi connectivity index (χ0n) is 16.3. The Hall–Kier alpha value is -1.94. The van der Waals surface area contributed by atoms with Gasteiger partial charge in [-0.25, -0.2) is 13.6 Å². The second-order valence-electron chi connectivity index (χ2n) is 7.92. The molecule has 2 saturated heterocycles. The smallest absolute Gasteiger partial charge is 0.241 e. The van der Waals surface area contributed by atoms with Crippen LogP contribution in [-0.4, -0.2) is 66.0 Å². The molecule has 2 aliphatic rings. The van der Waals surface area contributed by atoms with Crippen molar-refractivity contribution in [3.8, 4) is 0 Å². The van der Waals surface area contributed by atoms with Crippen LogP contribution in [0, 0.1) is 11.8 Å². The molecule has 2 aliphatic heterocycles. The molecule has 2 amide bonds. The van der Waals surface area contributed by atoms with Gasteiger partial charge in [0.15, 0.2) is 0 Å². The van der Waals surface area contributed by atoms with Crippen LogP contribution in [0.5, 0.6) is 0 Å². The summed E-state index contributed by atoms with van der Waals surface area (Å²) in [6.45, 7) is 5.35. The van der Waals surface area contributed by atoms with Crippen LogP contribution >= 0.6 is 0 Å². The summed E-state index contributed by atoms with van der Waals surface area (Å²) in [6.07, 6.45) is 6.40. The van der Waals surface area contributed by atoms with Crippen molar-refractivity contribution < 1.29 is 18.0 Å². The molecule has 0 radical (unpaired) electrons. The number of sulfonamides is 1. The van der Waals surface area contributed by atoms with E-state index in [0.29, 0.717) is 38.4 Å². The molecule has 2 N–H and O–H groups in total. The molecule has 0 saturated carbocycles. The third-order valence-electron chi connectivity index (χ3n) is 5.66. The van der Waals surface area contributed by atoms with Crippen molar-refractivity contribution in [2.45, 2.75) is 50.5 Å². The van der Waals surface area contributed by atoms with Crippen molar-refractivity contribution in [3.63, 3.8) is 0 Å². The number of piperidine rings is 2. The van der Waals surface area contributed by atoms with Crippen LogP contribution in [0.3, 0.4) is 0 Å². The van der Waals surface area contributed by atoms with Crippen LogP contribution in [0.25, 0.3) is 0 Å². The van der Waals surface area contributed by atoms with Gasteiger partial charge in [0.1, 0.15) is 4.90 Å². The number of amides is 2. The van der Waals surface area contributed by atoms with Crippen LogP contribution in [-0.2, 0) is 26.2 Å². The minimum absolute atomic E-state index is 0.00912. The topological polar surface area (TPSA) is 119 Å². The Labute approximate surface area is 165 Å². The van der Waals surface area contributed by atoms with Crippen molar-refractivity contribution in [1.82, 2.24) is 19.6 Å². The largest absolute Gasteiger partial charge is 0.343 e. The lowest BCUT2D eigenvalue weighted by molar-refractivity contribution is -0.142. The normalized spacial score (nSPS) is 21.7. The first-order valence-electron chi connectivity index (χ1n) is 9.86. The maximum absolute atomic E-state index is 12.7. The quantitative estimate of drug-likeness (QED) is 0.753. The Kier molecular flexibility index (Phi) is 6.39. The first-order chi connectivity index (χ1) is 13.2. The number of nitrogens with two attached hydrogens (primary N) is 1. The molecule has 0 aromatic carbocycles. The maximum atomic E-state index is 12.7. The number of carbonyl (C=O) groups is 2. The molecule has 9 nitrogen and oxygen atoms in total. The van der Waals surface area contributed by atoms with Gasteiger partial charge in [0.2, 0.25) is 21.8 Å². The number of aryl methyl sites for hydroxylation is 1. The number of aromatic nitrogens is 2. The molecule has 0 bridgehead atoms. The lowest BCUT2D eigenvalue weighted by Crippen LogP contribution is -2.47. The van der Waals surface area contributed by atoms with E-state index in [0.717, 1.165) is 19.5 Å². The molecular formula is C18H29N5O4S. The van der Waals surface area contributed by atoms with Gasteiger partial charge in [0, 0.05) is 51.3 Å². The Morgan fingerprint density at radius 3 is 2.50 bits per heavy atom. The average molecular weight is 412 g/mol. The minimum atomic E-state index is -3.78. The van der Waals surface area contributed by atoms with E-state index in [1.165, 1.54) is 23.5 Å². The van der Waals surface area contributed by atoms with Crippen molar-refractivity contribution >= 4 is 21.8 Å². The second-order valence-corrected chi connectivity index (χ2v) is 9.48. The van der Waals surface area contributed by atoms with Crippen molar-refractivity contribution in [2.75, 3.05) is 26.2 Å². The highest BCUT2D eigenvalue weighted by Crippen LogP contribution is 2.24. The van der Waals surface area contributed by atoms with Crippen molar-refractivity contribution in [1.29, 1.82) is 0 Å². The molecule has 1 unspecified atom stereocenters. The van der Waals surface area contributed by atoms with Gasteiger partial charge in [-0.05, 0) is 31.6 Å². The van der Waals surface area contributed by atoms with E-state index < -0.39 is 10.0 Å². The molecule has 1 aromatic rings. The first kappa shape index (κ1) is 20.8. The fourth-order valence-electron chi connectivity index (χ4n) is 4.01. The monoisotopic (exact) mass is 411 g/mol. The van der Waals surface area contributed by atoms with E-state index >= 15 is 0 Å². The van der Waals surface area contributed by atoms with Gasteiger partial charge in [-0.1, -0.05) is 6.92 Å². The van der Waals surface area contributed by atoms with E-state index in [9.17, 15) is 18.0 Å². The highest BCUT2D eigenvalue weighted by atomic mass is 32.2. The molecule has 10 heteroatoms. The van der Waals surface area contributed by atoms with Gasteiger partial charge < -0.3 is 9.80 Å². The summed E-state index contributed by atoms with van der Waals surface area (Å²) in [4.78, 5) is 28.9. The SMILES string of the molecule is CC1CCCN(C(=O)C2CCN(C(=O)CCn3cc(S(N)(=O)=O)cn3)CC2)C1. The van der Waals surface area contributed by atoms with Crippen LogP contribution < -0.4 is 5.14 Å². The van der Waals surface area contributed by atoms with Gasteiger partial charge in [-0.15, -0.1) is 0 Å². The number of primary sulfonamides is 1. The summed E-state index contributed by atoms with van der Waals surface area (Å²) >= 11 is 0. The van der Waals surface area contributed by atoms with Crippen LogP contribution in [0.15, 0.2) is 17.3 Å². The fraction of sp³-hybridized carbons (Fsp3) is 0.722. The van der Waals surface area contributed by atoms with E-state index in [1.54, 1.807) is 4.90 Å². The lowest BCUT2D eigenvalue weighted by Gasteiger charge is -2.37. The van der Waals surface area contributed by atoms with E-state index in [-0.39, 0.29) is 29.0 Å².